The van der Waals surface area contributed by atoms with Crippen LogP contribution < -0.4 is 10.0 Å². The van der Waals surface area contributed by atoms with Gasteiger partial charge in [0.15, 0.2) is 0 Å². The Morgan fingerprint density at radius 3 is 2.52 bits per heavy atom. The molecular formula is C12H23N3O5S. The van der Waals surface area contributed by atoms with E-state index in [1.165, 1.54) is 4.90 Å². The number of carbonyl (C=O) groups excluding carboxylic acids is 1. The third kappa shape index (κ3) is 5.88. The van der Waals surface area contributed by atoms with Gasteiger partial charge in [-0.05, 0) is 18.8 Å². The fourth-order valence-electron chi connectivity index (χ4n) is 2.39. The summed E-state index contributed by atoms with van der Waals surface area (Å²) in [6.07, 6.45) is 3.18. The zero-order valence-corrected chi connectivity index (χ0v) is 13.1. The summed E-state index contributed by atoms with van der Waals surface area (Å²) in [5.41, 5.74) is 0. The number of nitrogens with zero attached hydrogens (tertiary/aromatic N) is 1. The highest BCUT2D eigenvalue weighted by Crippen LogP contribution is 2.25. The lowest BCUT2D eigenvalue weighted by Crippen LogP contribution is -2.54. The molecule has 0 aromatic heterocycles. The predicted molar refractivity (Wildman–Crippen MR) is 77.4 cm³/mol. The molecular weight excluding hydrogens is 298 g/mol. The molecule has 0 spiro atoms. The van der Waals surface area contributed by atoms with Crippen LogP contribution in [0.3, 0.4) is 0 Å². The van der Waals surface area contributed by atoms with Crippen LogP contribution in [-0.2, 0) is 14.8 Å². The van der Waals surface area contributed by atoms with Crippen molar-refractivity contribution in [1.29, 1.82) is 0 Å². The van der Waals surface area contributed by atoms with Gasteiger partial charge in [-0.25, -0.2) is 22.7 Å². The van der Waals surface area contributed by atoms with Crippen molar-refractivity contribution >= 4 is 22.0 Å². The van der Waals surface area contributed by atoms with E-state index >= 15 is 0 Å². The van der Waals surface area contributed by atoms with E-state index in [2.05, 4.69) is 10.0 Å². The van der Waals surface area contributed by atoms with Gasteiger partial charge < -0.3 is 15.3 Å². The molecule has 1 rings (SSSR count). The van der Waals surface area contributed by atoms with Gasteiger partial charge in [-0.1, -0.05) is 13.3 Å². The zero-order valence-electron chi connectivity index (χ0n) is 12.3. The van der Waals surface area contributed by atoms with Crippen molar-refractivity contribution in [1.82, 2.24) is 14.9 Å². The SMILES string of the molecule is CCC1CCN(C(=O)NCCNS(C)(=O)=O)C(C(=O)O)C1. The van der Waals surface area contributed by atoms with Gasteiger partial charge in [-0.2, -0.15) is 0 Å². The number of carboxylic acids is 1. The second-order valence-corrected chi connectivity index (χ2v) is 7.08. The highest BCUT2D eigenvalue weighted by atomic mass is 32.2. The maximum Gasteiger partial charge on any atom is 0.326 e. The molecule has 1 heterocycles. The molecule has 2 unspecified atom stereocenters. The molecule has 2 amide bonds. The standard InChI is InChI=1S/C12H23N3O5S/c1-3-9-4-7-15(10(8-9)11(16)17)12(18)13-5-6-14-21(2,19)20/h9-10,14H,3-8H2,1-2H3,(H,13,18)(H,16,17). The van der Waals surface area contributed by atoms with Crippen LogP contribution in [-0.4, -0.2) is 62.4 Å². The Hall–Kier alpha value is -1.35. The monoisotopic (exact) mass is 321 g/mol. The first-order valence-corrected chi connectivity index (χ1v) is 8.85. The molecule has 1 aliphatic heterocycles. The molecule has 1 aliphatic rings. The maximum atomic E-state index is 12.0. The van der Waals surface area contributed by atoms with E-state index < -0.39 is 28.1 Å². The van der Waals surface area contributed by atoms with Gasteiger partial charge in [0.1, 0.15) is 6.04 Å². The molecule has 3 N–H and O–H groups in total. The Morgan fingerprint density at radius 2 is 2.00 bits per heavy atom. The van der Waals surface area contributed by atoms with Gasteiger partial charge in [0.2, 0.25) is 10.0 Å². The average Bonchev–Trinajstić information content (AvgIpc) is 2.41. The molecule has 0 bridgehead atoms. The number of hydrogen-bond donors (Lipinski definition) is 3. The summed E-state index contributed by atoms with van der Waals surface area (Å²) in [5, 5.41) is 11.8. The minimum Gasteiger partial charge on any atom is -0.480 e. The number of urea groups is 1. The van der Waals surface area contributed by atoms with Crippen LogP contribution in [0, 0.1) is 5.92 Å². The molecule has 0 saturated carbocycles. The molecule has 0 aromatic rings. The molecule has 2 atom stereocenters. The first-order valence-electron chi connectivity index (χ1n) is 6.96. The highest BCUT2D eigenvalue weighted by molar-refractivity contribution is 7.88. The van der Waals surface area contributed by atoms with Crippen LogP contribution in [0.5, 0.6) is 0 Å². The largest absolute Gasteiger partial charge is 0.480 e. The fraction of sp³-hybridized carbons (Fsp3) is 0.833. The number of likely N-dealkylation sites (tertiary alicyclic amines) is 1. The number of amides is 2. The second kappa shape index (κ2) is 7.60. The number of carbonyl (C=O) groups is 2. The van der Waals surface area contributed by atoms with Crippen molar-refractivity contribution in [3.8, 4) is 0 Å². The predicted octanol–water partition coefficient (Wildman–Crippen LogP) is -0.180. The fourth-order valence-corrected chi connectivity index (χ4v) is 2.87. The summed E-state index contributed by atoms with van der Waals surface area (Å²) in [5.74, 6) is -0.681. The quantitative estimate of drug-likeness (QED) is 0.587. The Bertz CT molecular complexity index is 479. The zero-order chi connectivity index (χ0) is 16.0. The minimum absolute atomic E-state index is 0.0771. The molecule has 1 saturated heterocycles. The number of hydrogen-bond acceptors (Lipinski definition) is 4. The van der Waals surface area contributed by atoms with Gasteiger partial charge >= 0.3 is 12.0 Å². The number of nitrogens with one attached hydrogen (secondary N) is 2. The summed E-state index contributed by atoms with van der Waals surface area (Å²) in [4.78, 5) is 24.6. The molecule has 122 valence electrons. The van der Waals surface area contributed by atoms with Crippen LogP contribution in [0.1, 0.15) is 26.2 Å². The van der Waals surface area contributed by atoms with E-state index in [9.17, 15) is 23.1 Å². The number of sulfonamides is 1. The molecule has 0 aliphatic carbocycles. The molecule has 9 heteroatoms. The molecule has 1 fully saturated rings. The van der Waals surface area contributed by atoms with E-state index in [-0.39, 0.29) is 13.1 Å². The molecule has 0 radical (unpaired) electrons. The second-order valence-electron chi connectivity index (χ2n) is 5.24. The summed E-state index contributed by atoms with van der Waals surface area (Å²) < 4.78 is 24.0. The number of rotatable bonds is 6. The Labute approximate surface area is 124 Å². The van der Waals surface area contributed by atoms with Gasteiger partial charge in [0.05, 0.1) is 6.26 Å². The first-order chi connectivity index (χ1) is 9.74. The van der Waals surface area contributed by atoms with Crippen molar-refractivity contribution in [3.05, 3.63) is 0 Å². The van der Waals surface area contributed by atoms with Crippen molar-refractivity contribution < 1.29 is 23.1 Å². The van der Waals surface area contributed by atoms with Crippen LogP contribution in [0.25, 0.3) is 0 Å². The highest BCUT2D eigenvalue weighted by Gasteiger charge is 2.35. The summed E-state index contributed by atoms with van der Waals surface area (Å²) in [6.45, 7) is 2.61. The first kappa shape index (κ1) is 17.7. The van der Waals surface area contributed by atoms with Crippen molar-refractivity contribution in [2.75, 3.05) is 25.9 Å². The summed E-state index contributed by atoms with van der Waals surface area (Å²) >= 11 is 0. The van der Waals surface area contributed by atoms with E-state index in [1.54, 1.807) is 0 Å². The lowest BCUT2D eigenvalue weighted by Gasteiger charge is -2.36. The van der Waals surface area contributed by atoms with Crippen LogP contribution in [0.2, 0.25) is 0 Å². The van der Waals surface area contributed by atoms with Crippen LogP contribution >= 0.6 is 0 Å². The Kier molecular flexibility index (Phi) is 6.41. The number of aliphatic carboxylic acids is 1. The Morgan fingerprint density at radius 1 is 1.33 bits per heavy atom. The van der Waals surface area contributed by atoms with Crippen molar-refractivity contribution in [2.45, 2.75) is 32.2 Å². The number of carboxylic acid groups (broad SMARTS) is 1. The smallest absolute Gasteiger partial charge is 0.326 e. The van der Waals surface area contributed by atoms with Crippen LogP contribution in [0.15, 0.2) is 0 Å². The van der Waals surface area contributed by atoms with Crippen molar-refractivity contribution in [3.63, 3.8) is 0 Å². The van der Waals surface area contributed by atoms with Gasteiger partial charge in [0.25, 0.3) is 0 Å². The summed E-state index contributed by atoms with van der Waals surface area (Å²) in [7, 11) is -3.29. The summed E-state index contributed by atoms with van der Waals surface area (Å²) in [6, 6.07) is -1.28. The van der Waals surface area contributed by atoms with E-state index in [0.29, 0.717) is 18.9 Å². The minimum atomic E-state index is -3.29. The molecule has 8 nitrogen and oxygen atoms in total. The van der Waals surface area contributed by atoms with E-state index in [4.69, 9.17) is 0 Å². The molecule has 0 aromatic carbocycles. The average molecular weight is 321 g/mol. The van der Waals surface area contributed by atoms with Gasteiger partial charge in [-0.15, -0.1) is 0 Å². The van der Waals surface area contributed by atoms with Crippen molar-refractivity contribution in [2.24, 2.45) is 5.92 Å². The third-order valence-corrected chi connectivity index (χ3v) is 4.33. The molecule has 21 heavy (non-hydrogen) atoms. The third-order valence-electron chi connectivity index (χ3n) is 3.60. The normalized spacial score (nSPS) is 22.9. The van der Waals surface area contributed by atoms with Crippen LogP contribution in [0.4, 0.5) is 4.79 Å². The topological polar surface area (TPSA) is 116 Å². The van der Waals surface area contributed by atoms with Gasteiger partial charge in [-0.3, -0.25) is 0 Å². The van der Waals surface area contributed by atoms with E-state index in [1.807, 2.05) is 6.92 Å². The lowest BCUT2D eigenvalue weighted by molar-refractivity contribution is -0.144. The van der Waals surface area contributed by atoms with Gasteiger partial charge in [0, 0.05) is 19.6 Å². The number of piperidine rings is 1. The maximum absolute atomic E-state index is 12.0. The lowest BCUT2D eigenvalue weighted by atomic mass is 9.89. The van der Waals surface area contributed by atoms with E-state index in [0.717, 1.165) is 19.1 Å². The Balaban J connectivity index is 2.49.